The van der Waals surface area contributed by atoms with Crippen LogP contribution >= 0.6 is 11.6 Å². The van der Waals surface area contributed by atoms with Crippen LogP contribution < -0.4 is 15.4 Å². The molecule has 10 heteroatoms. The summed E-state index contributed by atoms with van der Waals surface area (Å²) >= 11 is 5.65. The number of amides is 2. The number of sulfonamides is 1. The second-order valence-electron chi connectivity index (χ2n) is 6.19. The minimum absolute atomic E-state index is 0.0631. The molecule has 0 aliphatic carbocycles. The van der Waals surface area contributed by atoms with Crippen LogP contribution in [0.3, 0.4) is 0 Å². The molecule has 2 aromatic carbocycles. The van der Waals surface area contributed by atoms with Gasteiger partial charge in [0.1, 0.15) is 5.82 Å². The highest BCUT2D eigenvalue weighted by Gasteiger charge is 2.20. The van der Waals surface area contributed by atoms with Crippen molar-refractivity contribution in [2.75, 3.05) is 17.2 Å². The Morgan fingerprint density at radius 1 is 1.18 bits per heavy atom. The molecule has 2 aromatic rings. The first-order valence-electron chi connectivity index (χ1n) is 8.42. The van der Waals surface area contributed by atoms with Crippen LogP contribution in [0.15, 0.2) is 41.3 Å². The first-order valence-corrected chi connectivity index (χ1v) is 10.3. The fourth-order valence-corrected chi connectivity index (χ4v) is 3.97. The SMILES string of the molecule is O=C(CCNS(=O)(=O)c1ccc2c(c1)CCC(=O)N2)Nc1ccc(F)c(Cl)c1. The lowest BCUT2D eigenvalue weighted by Crippen LogP contribution is -2.28. The van der Waals surface area contributed by atoms with E-state index < -0.39 is 21.7 Å². The van der Waals surface area contributed by atoms with E-state index >= 15 is 0 Å². The van der Waals surface area contributed by atoms with Crippen molar-refractivity contribution < 1.29 is 22.4 Å². The number of hydrogen-bond acceptors (Lipinski definition) is 4. The van der Waals surface area contributed by atoms with Crippen LogP contribution in [0.2, 0.25) is 5.02 Å². The predicted octanol–water partition coefficient (Wildman–Crippen LogP) is 2.67. The van der Waals surface area contributed by atoms with Gasteiger partial charge in [-0.15, -0.1) is 0 Å². The van der Waals surface area contributed by atoms with Crippen molar-refractivity contribution in [1.82, 2.24) is 4.72 Å². The van der Waals surface area contributed by atoms with Crippen molar-refractivity contribution in [1.29, 1.82) is 0 Å². The summed E-state index contributed by atoms with van der Waals surface area (Å²) in [6.07, 6.45) is 0.653. The van der Waals surface area contributed by atoms with E-state index in [0.29, 0.717) is 24.2 Å². The zero-order chi connectivity index (χ0) is 20.3. The topological polar surface area (TPSA) is 104 Å². The monoisotopic (exact) mass is 425 g/mol. The number of fused-ring (bicyclic) bond motifs is 1. The summed E-state index contributed by atoms with van der Waals surface area (Å²) in [5.41, 5.74) is 1.66. The highest BCUT2D eigenvalue weighted by molar-refractivity contribution is 7.89. The van der Waals surface area contributed by atoms with Crippen molar-refractivity contribution in [2.24, 2.45) is 0 Å². The molecule has 0 saturated heterocycles. The molecule has 1 aliphatic heterocycles. The van der Waals surface area contributed by atoms with Crippen LogP contribution in [0.4, 0.5) is 15.8 Å². The third-order valence-corrected chi connectivity index (χ3v) is 5.88. The summed E-state index contributed by atoms with van der Waals surface area (Å²) in [6, 6.07) is 8.20. The number of rotatable bonds is 6. The standard InChI is InChI=1S/C18H17ClFN3O4S/c19-14-10-12(2-4-15(14)20)22-18(25)7-8-21-28(26,27)13-3-5-16-11(9-13)1-6-17(24)23-16/h2-5,9-10,21H,1,6-8H2,(H,22,25)(H,23,24). The Labute approximate surface area is 166 Å². The Hall–Kier alpha value is -2.49. The summed E-state index contributed by atoms with van der Waals surface area (Å²) in [5, 5.41) is 5.08. The van der Waals surface area contributed by atoms with Gasteiger partial charge in [-0.05, 0) is 48.4 Å². The van der Waals surface area contributed by atoms with Crippen LogP contribution in [-0.2, 0) is 26.0 Å². The zero-order valence-electron chi connectivity index (χ0n) is 14.6. The van der Waals surface area contributed by atoms with Crippen LogP contribution in [0.1, 0.15) is 18.4 Å². The zero-order valence-corrected chi connectivity index (χ0v) is 16.2. The van der Waals surface area contributed by atoms with E-state index in [-0.39, 0.29) is 28.8 Å². The molecular formula is C18H17ClFN3O4S. The highest BCUT2D eigenvalue weighted by atomic mass is 35.5. The molecule has 0 aromatic heterocycles. The van der Waals surface area contributed by atoms with Gasteiger partial charge in [-0.2, -0.15) is 0 Å². The summed E-state index contributed by atoms with van der Waals surface area (Å²) in [5.74, 6) is -1.15. The lowest BCUT2D eigenvalue weighted by Gasteiger charge is -2.17. The summed E-state index contributed by atoms with van der Waals surface area (Å²) in [6.45, 7) is -0.114. The Balaban J connectivity index is 1.57. The molecule has 1 heterocycles. The summed E-state index contributed by atoms with van der Waals surface area (Å²) < 4.78 is 40.3. The Bertz CT molecular complexity index is 1040. The number of carbonyl (C=O) groups is 2. The van der Waals surface area contributed by atoms with Crippen LogP contribution in [0.25, 0.3) is 0 Å². The van der Waals surface area contributed by atoms with Crippen molar-refractivity contribution in [3.63, 3.8) is 0 Å². The van der Waals surface area contributed by atoms with Gasteiger partial charge >= 0.3 is 0 Å². The second kappa shape index (κ2) is 8.26. The van der Waals surface area contributed by atoms with Crippen LogP contribution in [0.5, 0.6) is 0 Å². The van der Waals surface area contributed by atoms with E-state index in [1.807, 2.05) is 0 Å². The third kappa shape index (κ3) is 4.86. The van der Waals surface area contributed by atoms with Gasteiger partial charge in [0.05, 0.1) is 9.92 Å². The molecule has 0 unspecified atom stereocenters. The minimum Gasteiger partial charge on any atom is -0.326 e. The average molecular weight is 426 g/mol. The fourth-order valence-electron chi connectivity index (χ4n) is 2.71. The molecule has 2 amide bonds. The number of anilines is 2. The van der Waals surface area contributed by atoms with Crippen molar-refractivity contribution in [3.8, 4) is 0 Å². The molecule has 3 N–H and O–H groups in total. The quantitative estimate of drug-likeness (QED) is 0.661. The van der Waals surface area contributed by atoms with E-state index in [0.717, 1.165) is 11.6 Å². The normalized spacial score (nSPS) is 13.6. The van der Waals surface area contributed by atoms with Gasteiger partial charge in [0.25, 0.3) is 0 Å². The fraction of sp³-hybridized carbons (Fsp3) is 0.222. The molecule has 7 nitrogen and oxygen atoms in total. The molecular weight excluding hydrogens is 409 g/mol. The molecule has 148 valence electrons. The average Bonchev–Trinajstić information content (AvgIpc) is 2.64. The maximum Gasteiger partial charge on any atom is 0.240 e. The number of hydrogen-bond donors (Lipinski definition) is 3. The first kappa shape index (κ1) is 20.2. The summed E-state index contributed by atoms with van der Waals surface area (Å²) in [4.78, 5) is 23.4. The maximum absolute atomic E-state index is 13.1. The Kier molecular flexibility index (Phi) is 5.97. The number of halogens is 2. The van der Waals surface area contributed by atoms with E-state index in [4.69, 9.17) is 11.6 Å². The van der Waals surface area contributed by atoms with Gasteiger partial charge in [0.2, 0.25) is 21.8 Å². The van der Waals surface area contributed by atoms with Gasteiger partial charge < -0.3 is 10.6 Å². The van der Waals surface area contributed by atoms with Crippen LogP contribution in [-0.4, -0.2) is 26.8 Å². The number of carbonyl (C=O) groups excluding carboxylic acids is 2. The van der Waals surface area contributed by atoms with Crippen molar-refractivity contribution >= 4 is 44.8 Å². The van der Waals surface area contributed by atoms with Gasteiger partial charge in [0, 0.05) is 30.8 Å². The molecule has 0 radical (unpaired) electrons. The van der Waals surface area contributed by atoms with E-state index in [1.54, 1.807) is 6.07 Å². The molecule has 0 fully saturated rings. The number of aryl methyl sites for hydroxylation is 1. The highest BCUT2D eigenvalue weighted by Crippen LogP contribution is 2.25. The smallest absolute Gasteiger partial charge is 0.240 e. The Morgan fingerprint density at radius 2 is 1.96 bits per heavy atom. The molecule has 0 spiro atoms. The van der Waals surface area contributed by atoms with E-state index in [9.17, 15) is 22.4 Å². The van der Waals surface area contributed by atoms with Crippen molar-refractivity contribution in [3.05, 3.63) is 52.8 Å². The molecule has 0 bridgehead atoms. The lowest BCUT2D eigenvalue weighted by atomic mass is 10.0. The largest absolute Gasteiger partial charge is 0.326 e. The van der Waals surface area contributed by atoms with Gasteiger partial charge in [-0.1, -0.05) is 11.6 Å². The summed E-state index contributed by atoms with van der Waals surface area (Å²) in [7, 11) is -3.80. The maximum atomic E-state index is 13.1. The number of benzene rings is 2. The lowest BCUT2D eigenvalue weighted by molar-refractivity contribution is -0.117. The molecule has 28 heavy (non-hydrogen) atoms. The van der Waals surface area contributed by atoms with E-state index in [2.05, 4.69) is 15.4 Å². The van der Waals surface area contributed by atoms with Gasteiger partial charge in [-0.25, -0.2) is 17.5 Å². The molecule has 0 atom stereocenters. The molecule has 0 saturated carbocycles. The minimum atomic E-state index is -3.80. The second-order valence-corrected chi connectivity index (χ2v) is 8.37. The van der Waals surface area contributed by atoms with E-state index in [1.165, 1.54) is 24.3 Å². The molecule has 3 rings (SSSR count). The first-order chi connectivity index (χ1) is 13.2. The third-order valence-electron chi connectivity index (χ3n) is 4.13. The molecule has 1 aliphatic rings. The van der Waals surface area contributed by atoms with Gasteiger partial charge in [-0.3, -0.25) is 9.59 Å². The van der Waals surface area contributed by atoms with Crippen LogP contribution in [0, 0.1) is 5.82 Å². The Morgan fingerprint density at radius 3 is 2.71 bits per heavy atom. The number of nitrogens with one attached hydrogen (secondary N) is 3. The predicted molar refractivity (Wildman–Crippen MR) is 103 cm³/mol. The van der Waals surface area contributed by atoms with Crippen molar-refractivity contribution in [2.45, 2.75) is 24.2 Å². The van der Waals surface area contributed by atoms with Gasteiger partial charge in [0.15, 0.2) is 0 Å².